The Kier molecular flexibility index (Phi) is 6.57. The Balaban J connectivity index is 1.22. The molecule has 0 spiro atoms. The van der Waals surface area contributed by atoms with Crippen molar-refractivity contribution in [3.63, 3.8) is 0 Å². The van der Waals surface area contributed by atoms with Gasteiger partial charge in [0.15, 0.2) is 0 Å². The molecule has 0 aliphatic carbocycles. The minimum Gasteiger partial charge on any atom is -0.476 e. The normalized spacial score (nSPS) is 18.9. The van der Waals surface area contributed by atoms with Gasteiger partial charge in [0.25, 0.3) is 0 Å². The molecule has 31 heavy (non-hydrogen) atoms. The third kappa shape index (κ3) is 5.62. The molecule has 0 saturated carbocycles. The van der Waals surface area contributed by atoms with Gasteiger partial charge in [-0.25, -0.2) is 23.4 Å². The zero-order valence-corrected chi connectivity index (χ0v) is 19.0. The lowest BCUT2D eigenvalue weighted by molar-refractivity contribution is 0.215. The van der Waals surface area contributed by atoms with Gasteiger partial charge in [-0.1, -0.05) is 6.07 Å². The van der Waals surface area contributed by atoms with Gasteiger partial charge in [0.05, 0.1) is 25.3 Å². The molecule has 4 rings (SSSR count). The number of pyridine rings is 1. The number of hydrogen-bond acceptors (Lipinski definition) is 8. The largest absolute Gasteiger partial charge is 0.476 e. The predicted molar refractivity (Wildman–Crippen MR) is 120 cm³/mol. The quantitative estimate of drug-likeness (QED) is 0.660. The molecule has 2 aliphatic rings. The van der Waals surface area contributed by atoms with Crippen molar-refractivity contribution in [3.8, 4) is 5.88 Å². The van der Waals surface area contributed by atoms with Crippen molar-refractivity contribution in [2.45, 2.75) is 19.8 Å². The third-order valence-corrected chi connectivity index (χ3v) is 7.25. The SMILES string of the molecule is Cc1ccc(N2CCC(COc3cnc(N4CCN(S(C)(=O)=O)CC4)cn3)CC2)nc1. The summed E-state index contributed by atoms with van der Waals surface area (Å²) in [7, 11) is -3.13. The highest BCUT2D eigenvalue weighted by molar-refractivity contribution is 7.88. The summed E-state index contributed by atoms with van der Waals surface area (Å²) in [6, 6.07) is 4.19. The highest BCUT2D eigenvalue weighted by Crippen LogP contribution is 2.23. The number of rotatable bonds is 6. The number of aryl methyl sites for hydroxylation is 1. The summed E-state index contributed by atoms with van der Waals surface area (Å²) in [5.74, 6) is 2.82. The first-order valence-corrected chi connectivity index (χ1v) is 12.6. The lowest BCUT2D eigenvalue weighted by atomic mass is 9.98. The van der Waals surface area contributed by atoms with Gasteiger partial charge in [-0.3, -0.25) is 0 Å². The Hall–Kier alpha value is -2.46. The van der Waals surface area contributed by atoms with Crippen LogP contribution in [0.25, 0.3) is 0 Å². The molecule has 168 valence electrons. The first-order chi connectivity index (χ1) is 14.9. The number of nitrogens with zero attached hydrogens (tertiary/aromatic N) is 6. The van der Waals surface area contributed by atoms with E-state index < -0.39 is 10.0 Å². The second-order valence-electron chi connectivity index (χ2n) is 8.30. The van der Waals surface area contributed by atoms with E-state index in [2.05, 4.69) is 38.9 Å². The van der Waals surface area contributed by atoms with Crippen molar-refractivity contribution in [2.75, 3.05) is 61.9 Å². The summed E-state index contributed by atoms with van der Waals surface area (Å²) < 4.78 is 30.7. The topological polar surface area (TPSA) is 91.8 Å². The monoisotopic (exact) mass is 446 g/mol. The van der Waals surface area contributed by atoms with Crippen LogP contribution < -0.4 is 14.5 Å². The van der Waals surface area contributed by atoms with Crippen LogP contribution in [-0.2, 0) is 10.0 Å². The highest BCUT2D eigenvalue weighted by atomic mass is 32.2. The van der Waals surface area contributed by atoms with Gasteiger partial charge in [-0.15, -0.1) is 0 Å². The molecule has 0 aromatic carbocycles. The zero-order valence-electron chi connectivity index (χ0n) is 18.1. The Labute approximate surface area is 184 Å². The van der Waals surface area contributed by atoms with Crippen LogP contribution in [-0.4, -0.2) is 79.8 Å². The van der Waals surface area contributed by atoms with Gasteiger partial charge < -0.3 is 14.5 Å². The molecular weight excluding hydrogens is 416 g/mol. The van der Waals surface area contributed by atoms with E-state index in [0.29, 0.717) is 44.6 Å². The first-order valence-electron chi connectivity index (χ1n) is 10.7. The van der Waals surface area contributed by atoms with E-state index in [0.717, 1.165) is 37.6 Å². The van der Waals surface area contributed by atoms with E-state index in [1.807, 2.05) is 11.1 Å². The fourth-order valence-electron chi connectivity index (χ4n) is 3.98. The van der Waals surface area contributed by atoms with Gasteiger partial charge >= 0.3 is 0 Å². The molecular formula is C21H30N6O3S. The van der Waals surface area contributed by atoms with Crippen LogP contribution in [0.2, 0.25) is 0 Å². The summed E-state index contributed by atoms with van der Waals surface area (Å²) >= 11 is 0. The molecule has 0 unspecified atom stereocenters. The Morgan fingerprint density at radius 2 is 1.58 bits per heavy atom. The maximum absolute atomic E-state index is 11.6. The molecule has 0 radical (unpaired) electrons. The molecule has 0 atom stereocenters. The Morgan fingerprint density at radius 1 is 0.903 bits per heavy atom. The lowest BCUT2D eigenvalue weighted by Gasteiger charge is -2.33. The van der Waals surface area contributed by atoms with E-state index in [1.165, 1.54) is 16.1 Å². The Morgan fingerprint density at radius 3 is 2.16 bits per heavy atom. The average molecular weight is 447 g/mol. The maximum atomic E-state index is 11.6. The van der Waals surface area contributed by atoms with Gasteiger partial charge in [-0.2, -0.15) is 4.31 Å². The molecule has 2 aromatic rings. The first kappa shape index (κ1) is 21.8. The van der Waals surface area contributed by atoms with E-state index >= 15 is 0 Å². The summed E-state index contributed by atoms with van der Waals surface area (Å²) in [5, 5.41) is 0. The number of ether oxygens (including phenoxy) is 1. The molecule has 2 saturated heterocycles. The second kappa shape index (κ2) is 9.35. The van der Waals surface area contributed by atoms with Gasteiger partial charge in [0, 0.05) is 45.5 Å². The second-order valence-corrected chi connectivity index (χ2v) is 10.3. The molecule has 0 amide bonds. The number of piperazine rings is 1. The summed E-state index contributed by atoms with van der Waals surface area (Å²) in [6.07, 6.45) is 8.65. The van der Waals surface area contributed by atoms with Crippen LogP contribution in [0, 0.1) is 12.8 Å². The van der Waals surface area contributed by atoms with Crippen molar-refractivity contribution >= 4 is 21.7 Å². The van der Waals surface area contributed by atoms with Crippen molar-refractivity contribution in [3.05, 3.63) is 36.3 Å². The van der Waals surface area contributed by atoms with E-state index in [4.69, 9.17) is 4.74 Å². The average Bonchev–Trinajstić information content (AvgIpc) is 2.78. The zero-order chi connectivity index (χ0) is 21.8. The summed E-state index contributed by atoms with van der Waals surface area (Å²) in [5.41, 5.74) is 1.18. The van der Waals surface area contributed by atoms with Gasteiger partial charge in [-0.05, 0) is 37.3 Å². The standard InChI is InChI=1S/C21H30N6O3S/c1-17-3-4-19(22-13-17)25-7-5-18(6-8-25)16-30-21-15-23-20(14-24-21)26-9-11-27(12-10-26)31(2,28)29/h3-4,13-15,18H,5-12,16H2,1-2H3. The predicted octanol–water partition coefficient (Wildman–Crippen LogP) is 1.56. The summed E-state index contributed by atoms with van der Waals surface area (Å²) in [6.45, 7) is 6.80. The fourth-order valence-corrected chi connectivity index (χ4v) is 4.80. The van der Waals surface area contributed by atoms with E-state index in [1.54, 1.807) is 12.4 Å². The van der Waals surface area contributed by atoms with Crippen LogP contribution in [0.1, 0.15) is 18.4 Å². The molecule has 2 aromatic heterocycles. The summed E-state index contributed by atoms with van der Waals surface area (Å²) in [4.78, 5) is 17.8. The van der Waals surface area contributed by atoms with E-state index in [-0.39, 0.29) is 0 Å². The Bertz CT molecular complexity index is 952. The van der Waals surface area contributed by atoms with Crippen molar-refractivity contribution in [2.24, 2.45) is 5.92 Å². The van der Waals surface area contributed by atoms with Crippen LogP contribution in [0.5, 0.6) is 5.88 Å². The van der Waals surface area contributed by atoms with Crippen LogP contribution in [0.3, 0.4) is 0 Å². The molecule has 9 nitrogen and oxygen atoms in total. The number of aromatic nitrogens is 3. The minimum atomic E-state index is -3.13. The van der Waals surface area contributed by atoms with Crippen LogP contribution >= 0.6 is 0 Å². The number of sulfonamides is 1. The molecule has 2 fully saturated rings. The molecule has 10 heteroatoms. The molecule has 0 bridgehead atoms. The lowest BCUT2D eigenvalue weighted by Crippen LogP contribution is -2.48. The maximum Gasteiger partial charge on any atom is 0.232 e. The highest BCUT2D eigenvalue weighted by Gasteiger charge is 2.24. The molecule has 4 heterocycles. The van der Waals surface area contributed by atoms with Crippen LogP contribution in [0.15, 0.2) is 30.7 Å². The fraction of sp³-hybridized carbons (Fsp3) is 0.571. The minimum absolute atomic E-state index is 0.468. The molecule has 0 N–H and O–H groups in total. The number of anilines is 2. The third-order valence-electron chi connectivity index (χ3n) is 5.95. The van der Waals surface area contributed by atoms with Gasteiger partial charge in [0.2, 0.25) is 15.9 Å². The van der Waals surface area contributed by atoms with Crippen LogP contribution in [0.4, 0.5) is 11.6 Å². The van der Waals surface area contributed by atoms with Crippen molar-refractivity contribution < 1.29 is 13.2 Å². The van der Waals surface area contributed by atoms with Crippen molar-refractivity contribution in [1.82, 2.24) is 19.3 Å². The van der Waals surface area contributed by atoms with E-state index in [9.17, 15) is 8.42 Å². The smallest absolute Gasteiger partial charge is 0.232 e. The van der Waals surface area contributed by atoms with Gasteiger partial charge in [0.1, 0.15) is 11.6 Å². The number of hydrogen-bond donors (Lipinski definition) is 0. The van der Waals surface area contributed by atoms with Crippen molar-refractivity contribution in [1.29, 1.82) is 0 Å². The molecule has 2 aliphatic heterocycles. The number of piperidine rings is 1.